The maximum Gasteiger partial charge on any atom is 0.313 e. The molecule has 6 heteroatoms. The number of carbonyl (C=O) groups is 2. The summed E-state index contributed by atoms with van der Waals surface area (Å²) < 4.78 is 0. The first-order valence-corrected chi connectivity index (χ1v) is 5.95. The Kier molecular flexibility index (Phi) is 5.25. The van der Waals surface area contributed by atoms with E-state index in [9.17, 15) is 9.59 Å². The van der Waals surface area contributed by atoms with Crippen molar-refractivity contribution in [1.29, 1.82) is 10.5 Å². The number of nitrogens with zero attached hydrogens (tertiary/aromatic N) is 3. The zero-order valence-electron chi connectivity index (χ0n) is 11.3. The molecule has 0 saturated carbocycles. The van der Waals surface area contributed by atoms with E-state index in [1.165, 1.54) is 11.9 Å². The highest BCUT2D eigenvalue weighted by Gasteiger charge is 2.22. The number of carbonyl (C=O) groups excluding carboxylic acids is 2. The lowest BCUT2D eigenvalue weighted by Crippen LogP contribution is -2.42. The number of nitriles is 2. The monoisotopic (exact) mass is 270 g/mol. The van der Waals surface area contributed by atoms with Crippen LogP contribution in [-0.2, 0) is 9.59 Å². The minimum absolute atomic E-state index is 0.159. The predicted molar refractivity (Wildman–Crippen MR) is 72.2 cm³/mol. The number of likely N-dealkylation sites (N-methyl/N-ethyl adjacent to an activating group) is 1. The van der Waals surface area contributed by atoms with Gasteiger partial charge < -0.3 is 10.2 Å². The minimum atomic E-state index is -0.776. The van der Waals surface area contributed by atoms with Crippen molar-refractivity contribution in [3.8, 4) is 12.1 Å². The standard InChI is InChI=1S/C14H14N4O2/c1-10(7-8-15)18(2)14(20)13(19)17-12-5-3-11(9-16)4-6-12/h3-6,10H,7H2,1-2H3,(H,17,19). The number of hydrogen-bond acceptors (Lipinski definition) is 4. The van der Waals surface area contributed by atoms with Gasteiger partial charge in [0.2, 0.25) is 0 Å². The van der Waals surface area contributed by atoms with Crippen LogP contribution in [0.5, 0.6) is 0 Å². The average molecular weight is 270 g/mol. The molecule has 0 spiro atoms. The first-order valence-electron chi connectivity index (χ1n) is 5.95. The van der Waals surface area contributed by atoms with Crippen LogP contribution in [0.4, 0.5) is 5.69 Å². The second-order valence-corrected chi connectivity index (χ2v) is 4.27. The van der Waals surface area contributed by atoms with Gasteiger partial charge in [-0.2, -0.15) is 10.5 Å². The first kappa shape index (κ1) is 15.2. The largest absolute Gasteiger partial charge is 0.334 e. The van der Waals surface area contributed by atoms with Crippen LogP contribution in [0.1, 0.15) is 18.9 Å². The van der Waals surface area contributed by atoms with Crippen LogP contribution >= 0.6 is 0 Å². The third kappa shape index (κ3) is 3.82. The van der Waals surface area contributed by atoms with Crippen molar-refractivity contribution >= 4 is 17.5 Å². The highest BCUT2D eigenvalue weighted by Crippen LogP contribution is 2.09. The quantitative estimate of drug-likeness (QED) is 0.836. The van der Waals surface area contributed by atoms with Gasteiger partial charge in [-0.15, -0.1) is 0 Å². The maximum atomic E-state index is 11.8. The van der Waals surface area contributed by atoms with E-state index >= 15 is 0 Å². The van der Waals surface area contributed by atoms with Crippen molar-refractivity contribution in [2.75, 3.05) is 12.4 Å². The summed E-state index contributed by atoms with van der Waals surface area (Å²) in [6, 6.07) is 9.75. The molecule has 102 valence electrons. The molecular formula is C14H14N4O2. The molecule has 2 amide bonds. The van der Waals surface area contributed by atoms with Gasteiger partial charge in [-0.3, -0.25) is 9.59 Å². The molecule has 0 heterocycles. The van der Waals surface area contributed by atoms with E-state index in [1.54, 1.807) is 31.2 Å². The van der Waals surface area contributed by atoms with E-state index in [1.807, 2.05) is 12.1 Å². The van der Waals surface area contributed by atoms with Crippen molar-refractivity contribution < 1.29 is 9.59 Å². The molecule has 1 atom stereocenters. The molecule has 0 aliphatic heterocycles. The molecular weight excluding hydrogens is 256 g/mol. The van der Waals surface area contributed by atoms with Crippen LogP contribution in [-0.4, -0.2) is 29.8 Å². The lowest BCUT2D eigenvalue weighted by Gasteiger charge is -2.22. The number of amides is 2. The van der Waals surface area contributed by atoms with E-state index in [-0.39, 0.29) is 12.5 Å². The first-order chi connectivity index (χ1) is 9.49. The second-order valence-electron chi connectivity index (χ2n) is 4.27. The summed E-state index contributed by atoms with van der Waals surface area (Å²) in [4.78, 5) is 24.8. The lowest BCUT2D eigenvalue weighted by molar-refractivity contribution is -0.143. The number of rotatable bonds is 3. The van der Waals surface area contributed by atoms with Crippen molar-refractivity contribution in [2.24, 2.45) is 0 Å². The van der Waals surface area contributed by atoms with Gasteiger partial charge in [-0.05, 0) is 31.2 Å². The zero-order chi connectivity index (χ0) is 15.1. The predicted octanol–water partition coefficient (Wildman–Crippen LogP) is 1.26. The number of anilines is 1. The highest BCUT2D eigenvalue weighted by molar-refractivity contribution is 6.39. The summed E-state index contributed by atoms with van der Waals surface area (Å²) in [6.45, 7) is 1.69. The third-order valence-corrected chi connectivity index (χ3v) is 2.83. The fourth-order valence-corrected chi connectivity index (χ4v) is 1.44. The van der Waals surface area contributed by atoms with Crippen LogP contribution in [0, 0.1) is 22.7 Å². The van der Waals surface area contributed by atoms with Crippen LogP contribution in [0.2, 0.25) is 0 Å². The van der Waals surface area contributed by atoms with Crippen molar-refractivity contribution in [2.45, 2.75) is 19.4 Å². The van der Waals surface area contributed by atoms with E-state index in [0.29, 0.717) is 11.3 Å². The van der Waals surface area contributed by atoms with Gasteiger partial charge >= 0.3 is 11.8 Å². The minimum Gasteiger partial charge on any atom is -0.334 e. The summed E-state index contributed by atoms with van der Waals surface area (Å²) in [6.07, 6.45) is 0.159. The molecule has 0 aromatic heterocycles. The Bertz CT molecular complexity index is 581. The van der Waals surface area contributed by atoms with Gasteiger partial charge in [0.15, 0.2) is 0 Å². The summed E-state index contributed by atoms with van der Waals surface area (Å²) in [5.41, 5.74) is 0.901. The Morgan fingerprint density at radius 1 is 1.30 bits per heavy atom. The van der Waals surface area contributed by atoms with E-state index in [2.05, 4.69) is 5.32 Å². The molecule has 6 nitrogen and oxygen atoms in total. The Morgan fingerprint density at radius 2 is 1.90 bits per heavy atom. The average Bonchev–Trinajstić information content (AvgIpc) is 2.46. The Balaban J connectivity index is 2.68. The van der Waals surface area contributed by atoms with Gasteiger partial charge in [0.25, 0.3) is 0 Å². The van der Waals surface area contributed by atoms with Crippen LogP contribution in [0.25, 0.3) is 0 Å². The molecule has 1 aromatic carbocycles. The van der Waals surface area contributed by atoms with Gasteiger partial charge in [0.1, 0.15) is 0 Å². The topological polar surface area (TPSA) is 97.0 Å². The van der Waals surface area contributed by atoms with Gasteiger partial charge in [-0.25, -0.2) is 0 Å². The number of hydrogen-bond donors (Lipinski definition) is 1. The Morgan fingerprint density at radius 3 is 2.40 bits per heavy atom. The molecule has 0 aliphatic rings. The number of benzene rings is 1. The fraction of sp³-hybridized carbons (Fsp3) is 0.286. The molecule has 0 radical (unpaired) electrons. The fourth-order valence-electron chi connectivity index (χ4n) is 1.44. The van der Waals surface area contributed by atoms with Crippen LogP contribution in [0.15, 0.2) is 24.3 Å². The van der Waals surface area contributed by atoms with Crippen molar-refractivity contribution in [1.82, 2.24) is 4.90 Å². The molecule has 1 unspecified atom stereocenters. The summed E-state index contributed by atoms with van der Waals surface area (Å²) in [5.74, 6) is -1.49. The highest BCUT2D eigenvalue weighted by atomic mass is 16.2. The van der Waals surface area contributed by atoms with E-state index < -0.39 is 11.8 Å². The molecule has 0 aliphatic carbocycles. The third-order valence-electron chi connectivity index (χ3n) is 2.83. The molecule has 0 fully saturated rings. The maximum absolute atomic E-state index is 11.8. The van der Waals surface area contributed by atoms with Crippen molar-refractivity contribution in [3.05, 3.63) is 29.8 Å². The Hall–Kier alpha value is -2.86. The molecule has 20 heavy (non-hydrogen) atoms. The summed E-state index contributed by atoms with van der Waals surface area (Å²) in [7, 11) is 1.47. The Labute approximate surface area is 117 Å². The molecule has 1 aromatic rings. The van der Waals surface area contributed by atoms with Gasteiger partial charge in [0, 0.05) is 18.8 Å². The van der Waals surface area contributed by atoms with E-state index in [4.69, 9.17) is 10.5 Å². The second kappa shape index (κ2) is 6.91. The summed E-state index contributed by atoms with van der Waals surface area (Å²) in [5, 5.41) is 19.7. The smallest absolute Gasteiger partial charge is 0.313 e. The lowest BCUT2D eigenvalue weighted by atomic mass is 10.2. The number of nitrogens with one attached hydrogen (secondary N) is 1. The molecule has 1 rings (SSSR count). The SMILES string of the molecule is CC(CC#N)N(C)C(=O)C(=O)Nc1ccc(C#N)cc1. The van der Waals surface area contributed by atoms with Gasteiger partial charge in [0.05, 0.1) is 24.1 Å². The van der Waals surface area contributed by atoms with Crippen LogP contribution < -0.4 is 5.32 Å². The molecule has 1 N–H and O–H groups in total. The zero-order valence-corrected chi connectivity index (χ0v) is 11.3. The van der Waals surface area contributed by atoms with Crippen molar-refractivity contribution in [3.63, 3.8) is 0 Å². The molecule has 0 saturated heterocycles. The van der Waals surface area contributed by atoms with Gasteiger partial charge in [-0.1, -0.05) is 0 Å². The normalized spacial score (nSPS) is 10.8. The molecule has 0 bridgehead atoms. The van der Waals surface area contributed by atoms with Crippen LogP contribution in [0.3, 0.4) is 0 Å². The van der Waals surface area contributed by atoms with E-state index in [0.717, 1.165) is 0 Å². The summed E-state index contributed by atoms with van der Waals surface area (Å²) >= 11 is 0.